The van der Waals surface area contributed by atoms with Crippen LogP contribution in [0.4, 0.5) is 5.69 Å². The molecule has 224 valence electrons. The van der Waals surface area contributed by atoms with Crippen LogP contribution in [-0.4, -0.2) is 46.6 Å². The fourth-order valence-electron chi connectivity index (χ4n) is 4.48. The molecule has 0 spiro atoms. The van der Waals surface area contributed by atoms with Gasteiger partial charge in [0.1, 0.15) is 5.75 Å². The number of para-hydroxylation sites is 1. The van der Waals surface area contributed by atoms with Gasteiger partial charge in [0.25, 0.3) is 5.56 Å². The predicted octanol–water partition coefficient (Wildman–Crippen LogP) is 6.28. The second-order valence-corrected chi connectivity index (χ2v) is 10.7. The molecule has 11 nitrogen and oxygen atoms in total. The van der Waals surface area contributed by atoms with E-state index in [1.807, 2.05) is 32.9 Å². The van der Waals surface area contributed by atoms with Crippen LogP contribution in [0.25, 0.3) is 22.3 Å². The molecule has 0 bridgehead atoms. The number of hydrogen-bond acceptors (Lipinski definition) is 9. The minimum Gasteiger partial charge on any atom is -0.496 e. The smallest absolute Gasteiger partial charge is 0.344 e. The van der Waals surface area contributed by atoms with E-state index in [-0.39, 0.29) is 34.2 Å². The summed E-state index contributed by atoms with van der Waals surface area (Å²) < 4.78 is 17.1. The number of hydrogen-bond donors (Lipinski definition) is 0. The zero-order chi connectivity index (χ0) is 31.4. The van der Waals surface area contributed by atoms with Crippen molar-refractivity contribution in [2.75, 3.05) is 13.7 Å². The third-order valence-electron chi connectivity index (χ3n) is 6.46. The van der Waals surface area contributed by atoms with Gasteiger partial charge in [0.2, 0.25) is 5.75 Å². The first kappa shape index (κ1) is 31.2. The second-order valence-electron chi connectivity index (χ2n) is 10.3. The highest BCUT2D eigenvalue weighted by Gasteiger charge is 2.23. The summed E-state index contributed by atoms with van der Waals surface area (Å²) in [7, 11) is 1.60. The van der Waals surface area contributed by atoms with Crippen LogP contribution in [0, 0.1) is 17.0 Å². The van der Waals surface area contributed by atoms with Gasteiger partial charge in [0.15, 0.2) is 12.4 Å². The lowest BCUT2D eigenvalue weighted by Crippen LogP contribution is -2.21. The summed E-state index contributed by atoms with van der Waals surface area (Å²) in [4.78, 5) is 41.6. The second kappa shape index (κ2) is 13.0. The van der Waals surface area contributed by atoms with Gasteiger partial charge < -0.3 is 14.2 Å². The van der Waals surface area contributed by atoms with Crippen LogP contribution in [-0.2, 0) is 9.53 Å². The van der Waals surface area contributed by atoms with Crippen molar-refractivity contribution in [2.24, 2.45) is 5.10 Å². The molecule has 1 aromatic heterocycles. The minimum atomic E-state index is -0.698. The maximum Gasteiger partial charge on any atom is 0.344 e. The molecule has 43 heavy (non-hydrogen) atoms. The number of fused-ring (bicyclic) bond motifs is 1. The number of carbonyl (C=O) groups is 1. The lowest BCUT2D eigenvalue weighted by Gasteiger charge is -2.17. The summed E-state index contributed by atoms with van der Waals surface area (Å²) in [5.41, 5.74) is 2.21. The average molecular weight is 607 g/mol. The number of halogens is 1. The fourth-order valence-corrected chi connectivity index (χ4v) is 4.75. The number of carbonyl (C=O) groups excluding carboxylic acids is 1. The van der Waals surface area contributed by atoms with Crippen molar-refractivity contribution < 1.29 is 23.9 Å². The number of aryl methyl sites for hydroxylation is 1. The van der Waals surface area contributed by atoms with E-state index in [0.717, 1.165) is 21.6 Å². The number of rotatable bonds is 10. The summed E-state index contributed by atoms with van der Waals surface area (Å²) in [6.07, 6.45) is 0.899. The molecule has 12 heteroatoms. The molecule has 0 atom stereocenters. The summed E-state index contributed by atoms with van der Waals surface area (Å²) in [6, 6.07) is 13.3. The molecule has 0 aliphatic carbocycles. The topological polar surface area (TPSA) is 135 Å². The Morgan fingerprint density at radius 1 is 1.16 bits per heavy atom. The molecular weight excluding hydrogens is 576 g/mol. The van der Waals surface area contributed by atoms with Crippen molar-refractivity contribution in [3.05, 3.63) is 90.7 Å². The zero-order valence-electron chi connectivity index (χ0n) is 24.6. The van der Waals surface area contributed by atoms with Gasteiger partial charge >= 0.3 is 11.7 Å². The van der Waals surface area contributed by atoms with Crippen molar-refractivity contribution in [3.63, 3.8) is 0 Å². The quantitative estimate of drug-likeness (QED) is 0.0891. The van der Waals surface area contributed by atoms with Gasteiger partial charge in [-0.3, -0.25) is 14.9 Å². The molecule has 0 N–H and O–H groups in total. The Balaban J connectivity index is 1.84. The molecule has 3 aromatic carbocycles. The molecule has 1 heterocycles. The fraction of sp³-hybridized carbons (Fsp3) is 0.290. The molecule has 0 fully saturated rings. The molecule has 0 amide bonds. The Hall–Kier alpha value is -4.77. The van der Waals surface area contributed by atoms with Gasteiger partial charge in [-0.1, -0.05) is 37.6 Å². The van der Waals surface area contributed by atoms with Crippen molar-refractivity contribution in [2.45, 2.75) is 46.6 Å². The SMILES string of the molecule is COc1cc(C)c(-c2nc3ccccc3c(=O)n2N=Cc2cc(Cl)c(OCC(=O)OC(C)C)c([N+](=O)[O-])c2)cc1C(C)C. The van der Waals surface area contributed by atoms with E-state index in [2.05, 4.69) is 5.10 Å². The lowest BCUT2D eigenvalue weighted by atomic mass is 9.96. The van der Waals surface area contributed by atoms with Crippen molar-refractivity contribution in [3.8, 4) is 22.9 Å². The Kier molecular flexibility index (Phi) is 9.45. The van der Waals surface area contributed by atoms with E-state index in [4.69, 9.17) is 30.8 Å². The Morgan fingerprint density at radius 2 is 1.88 bits per heavy atom. The lowest BCUT2D eigenvalue weighted by molar-refractivity contribution is -0.385. The highest BCUT2D eigenvalue weighted by Crippen LogP contribution is 2.36. The van der Waals surface area contributed by atoms with E-state index in [1.165, 1.54) is 18.3 Å². The minimum absolute atomic E-state index is 0.120. The first-order valence-corrected chi connectivity index (χ1v) is 13.8. The van der Waals surface area contributed by atoms with Crippen LogP contribution in [0.15, 0.2) is 58.4 Å². The summed E-state index contributed by atoms with van der Waals surface area (Å²) in [5.74, 6) is 0.137. The van der Waals surface area contributed by atoms with E-state index >= 15 is 0 Å². The number of nitro groups is 1. The number of methoxy groups -OCH3 is 1. The molecule has 0 unspecified atom stereocenters. The van der Waals surface area contributed by atoms with Gasteiger partial charge in [0, 0.05) is 17.2 Å². The third kappa shape index (κ3) is 6.83. The number of esters is 1. The standard InChI is InChI=1S/C31H31ClN4O7/c1-17(2)22-14-23(19(5)11-27(22)41-6)30-34-25-10-8-7-9-21(25)31(38)35(30)33-15-20-12-24(32)29(26(13-20)36(39)40)42-16-28(37)43-18(3)4/h7-15,17-18H,16H2,1-6H3. The van der Waals surface area contributed by atoms with Crippen molar-refractivity contribution in [1.82, 2.24) is 9.66 Å². The Bertz CT molecular complexity index is 1800. The summed E-state index contributed by atoms with van der Waals surface area (Å²) >= 11 is 6.35. The maximum atomic E-state index is 13.7. The first-order chi connectivity index (χ1) is 20.4. The number of nitro benzene ring substituents is 1. The van der Waals surface area contributed by atoms with E-state index in [1.54, 1.807) is 45.2 Å². The molecule has 4 rings (SSSR count). The van der Waals surface area contributed by atoms with Crippen LogP contribution in [0.1, 0.15) is 50.3 Å². The highest BCUT2D eigenvalue weighted by atomic mass is 35.5. The molecule has 0 aliphatic rings. The summed E-state index contributed by atoms with van der Waals surface area (Å²) in [6.45, 7) is 8.73. The van der Waals surface area contributed by atoms with Gasteiger partial charge in [-0.2, -0.15) is 9.78 Å². The molecule has 0 radical (unpaired) electrons. The van der Waals surface area contributed by atoms with Crippen molar-refractivity contribution in [1.29, 1.82) is 0 Å². The number of aromatic nitrogens is 2. The van der Waals surface area contributed by atoms with Crippen LogP contribution in [0.5, 0.6) is 11.5 Å². The van der Waals surface area contributed by atoms with Gasteiger partial charge in [-0.15, -0.1) is 0 Å². The molecule has 0 saturated carbocycles. The average Bonchev–Trinajstić information content (AvgIpc) is 2.95. The Morgan fingerprint density at radius 3 is 2.53 bits per heavy atom. The van der Waals surface area contributed by atoms with Crippen molar-refractivity contribution >= 4 is 40.4 Å². The zero-order valence-corrected chi connectivity index (χ0v) is 25.3. The molecular formula is C31H31ClN4O7. The van der Waals surface area contributed by atoms with Gasteiger partial charge in [-0.25, -0.2) is 9.78 Å². The number of nitrogens with zero attached hydrogens (tertiary/aromatic N) is 4. The Labute approximate surface area is 252 Å². The van der Waals surface area contributed by atoms with Gasteiger partial charge in [0.05, 0.1) is 40.3 Å². The van der Waals surface area contributed by atoms with E-state index in [9.17, 15) is 19.7 Å². The maximum absolute atomic E-state index is 13.7. The van der Waals surface area contributed by atoms with Crippen LogP contribution in [0.2, 0.25) is 5.02 Å². The van der Waals surface area contributed by atoms with Gasteiger partial charge in [-0.05, 0) is 68.1 Å². The molecule has 0 saturated heterocycles. The van der Waals surface area contributed by atoms with Crippen LogP contribution < -0.4 is 15.0 Å². The first-order valence-electron chi connectivity index (χ1n) is 13.5. The van der Waals surface area contributed by atoms with Crippen LogP contribution in [0.3, 0.4) is 0 Å². The highest BCUT2D eigenvalue weighted by molar-refractivity contribution is 6.32. The number of benzene rings is 3. The third-order valence-corrected chi connectivity index (χ3v) is 6.74. The van der Waals surface area contributed by atoms with Crippen LogP contribution >= 0.6 is 11.6 Å². The molecule has 4 aromatic rings. The number of ether oxygens (including phenoxy) is 3. The predicted molar refractivity (Wildman–Crippen MR) is 165 cm³/mol. The largest absolute Gasteiger partial charge is 0.496 e. The summed E-state index contributed by atoms with van der Waals surface area (Å²) in [5, 5.41) is 16.5. The molecule has 0 aliphatic heterocycles. The van der Waals surface area contributed by atoms with E-state index < -0.39 is 28.7 Å². The van der Waals surface area contributed by atoms with E-state index in [0.29, 0.717) is 16.5 Å². The monoisotopic (exact) mass is 606 g/mol. The normalized spacial score (nSPS) is 11.5.